The number of nitrogens with one attached hydrogen (secondary N) is 3. The monoisotopic (exact) mass is 238 g/mol. The predicted octanol–water partition coefficient (Wildman–Crippen LogP) is 0.817. The second-order valence-corrected chi connectivity index (χ2v) is 4.34. The maximum absolute atomic E-state index is 12.0. The molecule has 0 aliphatic rings. The number of aromatic nitrogens is 2. The first-order valence-corrected chi connectivity index (χ1v) is 5.49. The Morgan fingerprint density at radius 1 is 1.41 bits per heavy atom. The van der Waals surface area contributed by atoms with Crippen molar-refractivity contribution in [1.29, 1.82) is 0 Å². The normalized spacial score (nSPS) is 12.3. The molecule has 1 unspecified atom stereocenters. The highest BCUT2D eigenvalue weighted by atomic mass is 16.2. The predicted molar refractivity (Wildman–Crippen MR) is 64.4 cm³/mol. The van der Waals surface area contributed by atoms with E-state index in [1.54, 1.807) is 6.20 Å². The number of H-pyrrole nitrogens is 1. The number of amides is 2. The molecule has 0 aromatic carbocycles. The molecule has 0 spiro atoms. The molecule has 0 saturated carbocycles. The first-order valence-electron chi connectivity index (χ1n) is 5.49. The van der Waals surface area contributed by atoms with E-state index in [1.165, 1.54) is 6.92 Å². The highest BCUT2D eigenvalue weighted by molar-refractivity contribution is 5.96. The van der Waals surface area contributed by atoms with Crippen LogP contribution in [0.5, 0.6) is 0 Å². The van der Waals surface area contributed by atoms with Gasteiger partial charge in [-0.1, -0.05) is 13.8 Å². The average molecular weight is 238 g/mol. The van der Waals surface area contributed by atoms with E-state index in [1.807, 2.05) is 20.8 Å². The smallest absolute Gasteiger partial charge is 0.248 e. The van der Waals surface area contributed by atoms with Gasteiger partial charge in [-0.3, -0.25) is 14.7 Å². The Balaban J connectivity index is 2.72. The molecular formula is C11H18N4O2. The maximum atomic E-state index is 12.0. The molecule has 0 radical (unpaired) electrons. The Bertz CT molecular complexity index is 411. The zero-order valence-electron chi connectivity index (χ0n) is 10.5. The van der Waals surface area contributed by atoms with Gasteiger partial charge < -0.3 is 10.6 Å². The van der Waals surface area contributed by atoms with Crippen LogP contribution in [0.15, 0.2) is 6.20 Å². The van der Waals surface area contributed by atoms with Crippen molar-refractivity contribution in [3.8, 4) is 0 Å². The van der Waals surface area contributed by atoms with Gasteiger partial charge in [0, 0.05) is 12.5 Å². The number of hydrogen-bond donors (Lipinski definition) is 3. The summed E-state index contributed by atoms with van der Waals surface area (Å²) in [4.78, 5) is 23.0. The highest BCUT2D eigenvalue weighted by Gasteiger charge is 2.23. The molecule has 1 rings (SSSR count). The van der Waals surface area contributed by atoms with Crippen molar-refractivity contribution in [1.82, 2.24) is 15.5 Å². The van der Waals surface area contributed by atoms with Crippen LogP contribution in [0.25, 0.3) is 0 Å². The van der Waals surface area contributed by atoms with Crippen LogP contribution in [0.1, 0.15) is 26.3 Å². The summed E-state index contributed by atoms with van der Waals surface area (Å²) < 4.78 is 0. The Kier molecular flexibility index (Phi) is 4.25. The molecule has 0 aliphatic heterocycles. The number of carbonyl (C=O) groups excluding carboxylic acids is 2. The summed E-state index contributed by atoms with van der Waals surface area (Å²) in [5.41, 5.74) is 0.851. The number of carbonyl (C=O) groups is 2. The minimum Gasteiger partial charge on any atom is -0.344 e. The maximum Gasteiger partial charge on any atom is 0.248 e. The molecular weight excluding hydrogens is 220 g/mol. The molecule has 17 heavy (non-hydrogen) atoms. The zero-order valence-corrected chi connectivity index (χ0v) is 10.5. The zero-order chi connectivity index (χ0) is 13.0. The van der Waals surface area contributed by atoms with Crippen LogP contribution in [0.2, 0.25) is 0 Å². The van der Waals surface area contributed by atoms with E-state index in [4.69, 9.17) is 0 Å². The van der Waals surface area contributed by atoms with Crippen molar-refractivity contribution in [3.63, 3.8) is 0 Å². The molecule has 6 heteroatoms. The van der Waals surface area contributed by atoms with Crippen LogP contribution in [0.4, 0.5) is 5.82 Å². The largest absolute Gasteiger partial charge is 0.344 e. The van der Waals surface area contributed by atoms with Gasteiger partial charge in [-0.05, 0) is 12.8 Å². The van der Waals surface area contributed by atoms with Gasteiger partial charge in [0.1, 0.15) is 11.9 Å². The summed E-state index contributed by atoms with van der Waals surface area (Å²) in [6.07, 6.45) is 1.62. The topological polar surface area (TPSA) is 86.9 Å². The second-order valence-electron chi connectivity index (χ2n) is 4.34. The third-order valence-corrected chi connectivity index (χ3v) is 2.38. The van der Waals surface area contributed by atoms with Gasteiger partial charge in [0.25, 0.3) is 0 Å². The van der Waals surface area contributed by atoms with Gasteiger partial charge in [-0.2, -0.15) is 5.10 Å². The Morgan fingerprint density at radius 2 is 2.06 bits per heavy atom. The van der Waals surface area contributed by atoms with E-state index in [0.29, 0.717) is 5.82 Å². The highest BCUT2D eigenvalue weighted by Crippen LogP contribution is 2.11. The molecule has 0 bridgehead atoms. The Hall–Kier alpha value is -1.85. The summed E-state index contributed by atoms with van der Waals surface area (Å²) in [6.45, 7) is 6.98. The lowest BCUT2D eigenvalue weighted by molar-refractivity contribution is -0.126. The molecule has 1 heterocycles. The number of hydrogen-bond acceptors (Lipinski definition) is 3. The summed E-state index contributed by atoms with van der Waals surface area (Å²) in [7, 11) is 0. The average Bonchev–Trinajstić information content (AvgIpc) is 2.60. The molecule has 6 nitrogen and oxygen atoms in total. The first-order chi connectivity index (χ1) is 7.91. The lowest BCUT2D eigenvalue weighted by Crippen LogP contribution is -2.46. The molecule has 0 aliphatic carbocycles. The van der Waals surface area contributed by atoms with Gasteiger partial charge in [0.05, 0.1) is 6.20 Å². The van der Waals surface area contributed by atoms with E-state index in [0.717, 1.165) is 5.56 Å². The standard InChI is InChI=1S/C11H18N4O2/c1-6(2)9(13-8(4)16)11(17)14-10-7(3)5-12-15-10/h5-6,9H,1-4H3,(H,13,16)(H2,12,14,15,17). The minimum atomic E-state index is -0.546. The third-order valence-electron chi connectivity index (χ3n) is 2.38. The molecule has 1 aromatic heterocycles. The van der Waals surface area contributed by atoms with Gasteiger partial charge in [-0.15, -0.1) is 0 Å². The van der Waals surface area contributed by atoms with Gasteiger partial charge >= 0.3 is 0 Å². The van der Waals surface area contributed by atoms with Crippen molar-refractivity contribution in [2.75, 3.05) is 5.32 Å². The van der Waals surface area contributed by atoms with Crippen LogP contribution in [-0.4, -0.2) is 28.1 Å². The van der Waals surface area contributed by atoms with E-state index in [9.17, 15) is 9.59 Å². The Morgan fingerprint density at radius 3 is 2.47 bits per heavy atom. The molecule has 94 valence electrons. The molecule has 0 saturated heterocycles. The van der Waals surface area contributed by atoms with E-state index < -0.39 is 6.04 Å². The van der Waals surface area contributed by atoms with Gasteiger partial charge in [0.15, 0.2) is 0 Å². The molecule has 1 aromatic rings. The summed E-state index contributed by atoms with van der Waals surface area (Å²) in [6, 6.07) is -0.546. The summed E-state index contributed by atoms with van der Waals surface area (Å²) >= 11 is 0. The lowest BCUT2D eigenvalue weighted by atomic mass is 10.0. The van der Waals surface area contributed by atoms with Crippen molar-refractivity contribution in [2.24, 2.45) is 5.92 Å². The van der Waals surface area contributed by atoms with Crippen molar-refractivity contribution in [2.45, 2.75) is 33.7 Å². The van der Waals surface area contributed by atoms with E-state index >= 15 is 0 Å². The SMILES string of the molecule is CC(=O)NC(C(=O)Nc1[nH]ncc1C)C(C)C. The van der Waals surface area contributed by atoms with Crippen LogP contribution >= 0.6 is 0 Å². The third kappa shape index (κ3) is 3.58. The number of aromatic amines is 1. The van der Waals surface area contributed by atoms with Gasteiger partial charge in [-0.25, -0.2) is 0 Å². The van der Waals surface area contributed by atoms with E-state index in [-0.39, 0.29) is 17.7 Å². The lowest BCUT2D eigenvalue weighted by Gasteiger charge is -2.20. The van der Waals surface area contributed by atoms with Gasteiger partial charge in [0.2, 0.25) is 11.8 Å². The molecule has 2 amide bonds. The van der Waals surface area contributed by atoms with Crippen LogP contribution in [0.3, 0.4) is 0 Å². The first kappa shape index (κ1) is 13.2. The molecule has 1 atom stereocenters. The number of aryl methyl sites for hydroxylation is 1. The van der Waals surface area contributed by atoms with Crippen LogP contribution < -0.4 is 10.6 Å². The number of nitrogens with zero attached hydrogens (tertiary/aromatic N) is 1. The molecule has 3 N–H and O–H groups in total. The quantitative estimate of drug-likeness (QED) is 0.725. The fourth-order valence-electron chi connectivity index (χ4n) is 1.43. The van der Waals surface area contributed by atoms with E-state index in [2.05, 4.69) is 20.8 Å². The Labute approximate surface area is 100 Å². The fourth-order valence-corrected chi connectivity index (χ4v) is 1.43. The van der Waals surface area contributed by atoms with Crippen LogP contribution in [0, 0.1) is 12.8 Å². The second kappa shape index (κ2) is 5.47. The number of rotatable bonds is 4. The van der Waals surface area contributed by atoms with Crippen molar-refractivity contribution in [3.05, 3.63) is 11.8 Å². The summed E-state index contributed by atoms with van der Waals surface area (Å²) in [5, 5.41) is 11.8. The molecule has 0 fully saturated rings. The van der Waals surface area contributed by atoms with Crippen molar-refractivity contribution < 1.29 is 9.59 Å². The fraction of sp³-hybridized carbons (Fsp3) is 0.545. The van der Waals surface area contributed by atoms with Crippen molar-refractivity contribution >= 4 is 17.6 Å². The number of anilines is 1. The van der Waals surface area contributed by atoms with Crippen LogP contribution in [-0.2, 0) is 9.59 Å². The summed E-state index contributed by atoms with van der Waals surface area (Å²) in [5.74, 6) is 0.107. The minimum absolute atomic E-state index is 0.0159.